The first-order valence-electron chi connectivity index (χ1n) is 4.03. The molecule has 0 saturated carbocycles. The second-order valence-corrected chi connectivity index (χ2v) is 3.21. The van der Waals surface area contributed by atoms with Gasteiger partial charge in [-0.2, -0.15) is 5.26 Å². The van der Waals surface area contributed by atoms with Gasteiger partial charge in [-0.3, -0.25) is 10.1 Å². The highest BCUT2D eigenvalue weighted by Gasteiger charge is 2.23. The van der Waals surface area contributed by atoms with Crippen LogP contribution in [0.15, 0.2) is 12.3 Å². The lowest BCUT2D eigenvalue weighted by atomic mass is 10.1. The van der Waals surface area contributed by atoms with Crippen molar-refractivity contribution in [1.29, 1.82) is 5.26 Å². The SMILES string of the molecule is N#CC(O)C(O)c1cc([N+](=O)[O-])cnc1Cl. The molecule has 2 atom stereocenters. The fourth-order valence-electron chi connectivity index (χ4n) is 1.00. The van der Waals surface area contributed by atoms with Crippen molar-refractivity contribution < 1.29 is 15.1 Å². The molecule has 0 spiro atoms. The van der Waals surface area contributed by atoms with Crippen molar-refractivity contribution in [2.45, 2.75) is 12.2 Å². The molecule has 2 unspecified atom stereocenters. The number of nitro groups is 1. The van der Waals surface area contributed by atoms with E-state index in [1.165, 1.54) is 6.07 Å². The Hall–Kier alpha value is -1.75. The summed E-state index contributed by atoms with van der Waals surface area (Å²) < 4.78 is 0. The van der Waals surface area contributed by atoms with Gasteiger partial charge in [-0.1, -0.05) is 11.6 Å². The van der Waals surface area contributed by atoms with Gasteiger partial charge in [0.15, 0.2) is 6.10 Å². The van der Waals surface area contributed by atoms with Crippen molar-refractivity contribution in [1.82, 2.24) is 4.98 Å². The van der Waals surface area contributed by atoms with Crippen LogP contribution in [0.25, 0.3) is 0 Å². The van der Waals surface area contributed by atoms with Gasteiger partial charge < -0.3 is 10.2 Å². The van der Waals surface area contributed by atoms with Gasteiger partial charge in [-0.05, 0) is 0 Å². The van der Waals surface area contributed by atoms with E-state index in [0.717, 1.165) is 12.3 Å². The van der Waals surface area contributed by atoms with Crippen LogP contribution in [0.3, 0.4) is 0 Å². The molecule has 0 aliphatic heterocycles. The molecule has 1 rings (SSSR count). The van der Waals surface area contributed by atoms with Crippen LogP contribution in [0.1, 0.15) is 11.7 Å². The van der Waals surface area contributed by atoms with Crippen molar-refractivity contribution in [2.75, 3.05) is 0 Å². The van der Waals surface area contributed by atoms with Gasteiger partial charge >= 0.3 is 0 Å². The fraction of sp³-hybridized carbons (Fsp3) is 0.250. The third kappa shape index (κ3) is 2.43. The van der Waals surface area contributed by atoms with Gasteiger partial charge in [0, 0.05) is 11.6 Å². The maximum atomic E-state index is 10.4. The molecule has 0 fully saturated rings. The first-order valence-corrected chi connectivity index (χ1v) is 4.40. The third-order valence-corrected chi connectivity index (χ3v) is 2.13. The number of rotatable bonds is 3. The minimum atomic E-state index is -1.72. The van der Waals surface area contributed by atoms with Crippen molar-refractivity contribution in [3.63, 3.8) is 0 Å². The molecular weight excluding hydrogens is 238 g/mol. The van der Waals surface area contributed by atoms with Gasteiger partial charge in [0.1, 0.15) is 17.5 Å². The minimum Gasteiger partial charge on any atom is -0.384 e. The molecule has 0 aromatic carbocycles. The van der Waals surface area contributed by atoms with Crippen LogP contribution >= 0.6 is 11.6 Å². The highest BCUT2D eigenvalue weighted by atomic mass is 35.5. The van der Waals surface area contributed by atoms with Crippen LogP contribution in [0.4, 0.5) is 5.69 Å². The molecule has 1 heterocycles. The smallest absolute Gasteiger partial charge is 0.288 e. The summed E-state index contributed by atoms with van der Waals surface area (Å²) >= 11 is 5.58. The molecular formula is C8H6ClN3O4. The van der Waals surface area contributed by atoms with Crippen LogP contribution in [-0.4, -0.2) is 26.2 Å². The normalized spacial score (nSPS) is 13.9. The second-order valence-electron chi connectivity index (χ2n) is 2.85. The third-order valence-electron chi connectivity index (χ3n) is 1.81. The molecule has 2 N–H and O–H groups in total. The Balaban J connectivity index is 3.17. The van der Waals surface area contributed by atoms with E-state index < -0.39 is 17.1 Å². The van der Waals surface area contributed by atoms with Crippen molar-refractivity contribution in [3.8, 4) is 6.07 Å². The highest BCUT2D eigenvalue weighted by Crippen LogP contribution is 2.26. The molecule has 7 nitrogen and oxygen atoms in total. The van der Waals surface area contributed by atoms with Crippen LogP contribution in [-0.2, 0) is 0 Å². The minimum absolute atomic E-state index is 0.162. The van der Waals surface area contributed by atoms with Crippen molar-refractivity contribution >= 4 is 17.3 Å². The molecule has 84 valence electrons. The molecule has 0 amide bonds. The summed E-state index contributed by atoms with van der Waals surface area (Å²) in [5.41, 5.74) is -0.548. The number of hydrogen-bond donors (Lipinski definition) is 2. The maximum Gasteiger partial charge on any atom is 0.288 e. The molecule has 0 aliphatic carbocycles. The van der Waals surface area contributed by atoms with E-state index in [0.29, 0.717) is 0 Å². The lowest BCUT2D eigenvalue weighted by Crippen LogP contribution is -2.16. The van der Waals surface area contributed by atoms with E-state index in [1.807, 2.05) is 0 Å². The van der Waals surface area contributed by atoms with E-state index in [9.17, 15) is 15.2 Å². The summed E-state index contributed by atoms with van der Waals surface area (Å²) in [6.45, 7) is 0. The average Bonchev–Trinajstić information content (AvgIpc) is 2.27. The lowest BCUT2D eigenvalue weighted by molar-refractivity contribution is -0.385. The molecule has 0 bridgehead atoms. The van der Waals surface area contributed by atoms with Gasteiger partial charge in [-0.15, -0.1) is 0 Å². The van der Waals surface area contributed by atoms with Crippen LogP contribution < -0.4 is 0 Å². The maximum absolute atomic E-state index is 10.4. The van der Waals surface area contributed by atoms with Gasteiger partial charge in [0.2, 0.25) is 0 Å². The molecule has 1 aromatic rings. The first kappa shape index (κ1) is 12.3. The Bertz CT molecular complexity index is 459. The molecule has 0 aliphatic rings. The zero-order chi connectivity index (χ0) is 12.3. The van der Waals surface area contributed by atoms with Crippen molar-refractivity contribution in [2.24, 2.45) is 0 Å². The van der Waals surface area contributed by atoms with Crippen LogP contribution in [0.2, 0.25) is 5.15 Å². The number of hydrogen-bond acceptors (Lipinski definition) is 6. The zero-order valence-electron chi connectivity index (χ0n) is 7.74. The molecule has 0 saturated heterocycles. The summed E-state index contributed by atoms with van der Waals surface area (Å²) in [6.07, 6.45) is -2.44. The Kier molecular flexibility index (Phi) is 3.73. The number of aliphatic hydroxyl groups is 2. The van der Waals surface area contributed by atoms with Crippen LogP contribution in [0.5, 0.6) is 0 Å². The molecule has 0 radical (unpaired) electrons. The summed E-state index contributed by atoms with van der Waals surface area (Å²) in [6, 6.07) is 2.35. The lowest BCUT2D eigenvalue weighted by Gasteiger charge is -2.12. The average molecular weight is 244 g/mol. The summed E-state index contributed by atoms with van der Waals surface area (Å²) in [5, 5.41) is 37.1. The second kappa shape index (κ2) is 4.85. The van der Waals surface area contributed by atoms with Crippen LogP contribution in [0, 0.1) is 21.4 Å². The van der Waals surface area contributed by atoms with E-state index in [1.54, 1.807) is 0 Å². The number of nitriles is 1. The Labute approximate surface area is 94.7 Å². The number of pyridine rings is 1. The molecule has 1 aromatic heterocycles. The van der Waals surface area contributed by atoms with E-state index in [-0.39, 0.29) is 16.4 Å². The summed E-state index contributed by atoms with van der Waals surface area (Å²) in [4.78, 5) is 13.2. The summed E-state index contributed by atoms with van der Waals surface area (Å²) in [7, 11) is 0. The Morgan fingerprint density at radius 1 is 1.62 bits per heavy atom. The van der Waals surface area contributed by atoms with E-state index in [2.05, 4.69) is 4.98 Å². The number of halogens is 1. The quantitative estimate of drug-likeness (QED) is 0.346. The number of aromatic nitrogens is 1. The van der Waals surface area contributed by atoms with E-state index in [4.69, 9.17) is 22.0 Å². The molecule has 8 heteroatoms. The highest BCUT2D eigenvalue weighted by molar-refractivity contribution is 6.30. The summed E-state index contributed by atoms with van der Waals surface area (Å²) in [5.74, 6) is 0. The Morgan fingerprint density at radius 2 is 2.25 bits per heavy atom. The fourth-order valence-corrected chi connectivity index (χ4v) is 1.22. The standard InChI is InChI=1S/C8H6ClN3O4/c9-8-5(7(14)6(13)2-10)1-4(3-11-8)12(15)16/h1,3,6-7,13-14H. The van der Waals surface area contributed by atoms with Crippen molar-refractivity contribution in [3.05, 3.63) is 33.1 Å². The first-order chi connectivity index (χ1) is 7.47. The van der Waals surface area contributed by atoms with E-state index >= 15 is 0 Å². The monoisotopic (exact) mass is 243 g/mol. The predicted octanol–water partition coefficient (Wildman–Crippen LogP) is 0.561. The van der Waals surface area contributed by atoms with Gasteiger partial charge in [0.05, 0.1) is 11.0 Å². The zero-order valence-corrected chi connectivity index (χ0v) is 8.50. The largest absolute Gasteiger partial charge is 0.384 e. The predicted molar refractivity (Wildman–Crippen MR) is 52.5 cm³/mol. The van der Waals surface area contributed by atoms with Gasteiger partial charge in [0.25, 0.3) is 5.69 Å². The van der Waals surface area contributed by atoms with Gasteiger partial charge in [-0.25, -0.2) is 4.98 Å². The molecule has 16 heavy (non-hydrogen) atoms. The number of nitrogens with zero attached hydrogens (tertiary/aromatic N) is 3. The topological polar surface area (TPSA) is 120 Å². The number of aliphatic hydroxyl groups excluding tert-OH is 2. The Morgan fingerprint density at radius 3 is 2.75 bits per heavy atom.